The zero-order chi connectivity index (χ0) is 12.9. The van der Waals surface area contributed by atoms with E-state index in [0.717, 1.165) is 0 Å². The highest BCUT2D eigenvalue weighted by Crippen LogP contribution is 2.04. The predicted molar refractivity (Wildman–Crippen MR) is 63.0 cm³/mol. The number of carbonyl (C=O) groups is 2. The molecule has 92 valence electrons. The molecular formula is C10H12N2O4S. The van der Waals surface area contributed by atoms with Crippen molar-refractivity contribution in [2.75, 3.05) is 12.3 Å². The number of thiol groups is 1. The first-order valence-corrected chi connectivity index (χ1v) is 5.38. The Morgan fingerprint density at radius 1 is 1.53 bits per heavy atom. The van der Waals surface area contributed by atoms with Gasteiger partial charge in [0.2, 0.25) is 5.72 Å². The normalized spacial score (nSPS) is 14.0. The van der Waals surface area contributed by atoms with E-state index in [4.69, 9.17) is 5.11 Å². The van der Waals surface area contributed by atoms with E-state index in [2.05, 4.69) is 22.9 Å². The maximum atomic E-state index is 11.6. The van der Waals surface area contributed by atoms with Crippen LogP contribution in [0, 0.1) is 0 Å². The number of carboxylic acids is 1. The first kappa shape index (κ1) is 13.6. The van der Waals surface area contributed by atoms with Crippen LogP contribution in [0.3, 0.4) is 0 Å². The average molecular weight is 256 g/mol. The molecular weight excluding hydrogens is 244 g/mol. The van der Waals surface area contributed by atoms with E-state index in [1.165, 1.54) is 12.4 Å². The zero-order valence-corrected chi connectivity index (χ0v) is 9.72. The summed E-state index contributed by atoms with van der Waals surface area (Å²) in [6.45, 7) is -0.310. The van der Waals surface area contributed by atoms with Crippen LogP contribution in [0.2, 0.25) is 0 Å². The Labute approximate surface area is 103 Å². The topological polar surface area (TPSA) is 99.5 Å². The van der Waals surface area contributed by atoms with Gasteiger partial charge < -0.3 is 10.2 Å². The Morgan fingerprint density at radius 2 is 2.24 bits per heavy atom. The number of aliphatic hydroxyl groups is 1. The summed E-state index contributed by atoms with van der Waals surface area (Å²) in [5.41, 5.74) is -1.87. The minimum Gasteiger partial charge on any atom is -0.478 e. The van der Waals surface area contributed by atoms with Crippen molar-refractivity contribution >= 4 is 24.4 Å². The van der Waals surface area contributed by atoms with E-state index in [0.29, 0.717) is 5.56 Å². The van der Waals surface area contributed by atoms with Crippen LogP contribution in [-0.2, 0) is 4.79 Å². The van der Waals surface area contributed by atoms with Crippen LogP contribution in [0.25, 0.3) is 0 Å². The second-order valence-electron chi connectivity index (χ2n) is 3.34. The molecule has 1 rings (SSSR count). The molecule has 17 heavy (non-hydrogen) atoms. The lowest BCUT2D eigenvalue weighted by molar-refractivity contribution is -0.158. The summed E-state index contributed by atoms with van der Waals surface area (Å²) >= 11 is 3.71. The minimum atomic E-state index is -2.21. The number of aliphatic carboxylic acids is 1. The van der Waals surface area contributed by atoms with Crippen molar-refractivity contribution in [2.45, 2.75) is 5.72 Å². The quantitative estimate of drug-likeness (QED) is 0.313. The molecule has 0 amide bonds. The van der Waals surface area contributed by atoms with Gasteiger partial charge in [0.1, 0.15) is 0 Å². The number of carbonyl (C=O) groups excluding carboxylic acids is 1. The molecule has 0 aromatic carbocycles. The molecule has 1 heterocycles. The second kappa shape index (κ2) is 5.76. The molecule has 1 aromatic rings. The summed E-state index contributed by atoms with van der Waals surface area (Å²) < 4.78 is 0. The maximum absolute atomic E-state index is 11.6. The maximum Gasteiger partial charge on any atom is 0.352 e. The van der Waals surface area contributed by atoms with Crippen molar-refractivity contribution in [3.05, 3.63) is 30.1 Å². The fraction of sp³-hybridized carbons (Fsp3) is 0.300. The SMILES string of the molecule is O=C(CNC(O)(CS)C(=O)O)c1cccnc1. The number of nitrogens with zero attached hydrogens (tertiary/aromatic N) is 1. The van der Waals surface area contributed by atoms with Gasteiger partial charge in [-0.25, -0.2) is 4.79 Å². The zero-order valence-electron chi connectivity index (χ0n) is 8.83. The van der Waals surface area contributed by atoms with Crippen molar-refractivity contribution in [1.29, 1.82) is 0 Å². The Hall–Kier alpha value is -1.44. The third-order valence-corrected chi connectivity index (χ3v) is 2.57. The third-order valence-electron chi connectivity index (χ3n) is 2.11. The third kappa shape index (κ3) is 3.52. The summed E-state index contributed by atoms with van der Waals surface area (Å²) in [7, 11) is 0. The van der Waals surface area contributed by atoms with Crippen LogP contribution in [0.1, 0.15) is 10.4 Å². The first-order chi connectivity index (χ1) is 7.99. The van der Waals surface area contributed by atoms with Crippen molar-refractivity contribution in [3.63, 3.8) is 0 Å². The molecule has 0 aliphatic carbocycles. The van der Waals surface area contributed by atoms with Crippen LogP contribution in [0.4, 0.5) is 0 Å². The molecule has 6 nitrogen and oxygen atoms in total. The van der Waals surface area contributed by atoms with E-state index >= 15 is 0 Å². The fourth-order valence-corrected chi connectivity index (χ4v) is 1.30. The van der Waals surface area contributed by atoms with Gasteiger partial charge >= 0.3 is 5.97 Å². The number of carboxylic acid groups (broad SMARTS) is 1. The van der Waals surface area contributed by atoms with Crippen molar-refractivity contribution < 1.29 is 19.8 Å². The summed E-state index contributed by atoms with van der Waals surface area (Å²) in [5, 5.41) is 20.5. The van der Waals surface area contributed by atoms with E-state index in [1.54, 1.807) is 12.1 Å². The molecule has 7 heteroatoms. The summed E-state index contributed by atoms with van der Waals surface area (Å²) in [4.78, 5) is 26.1. The highest BCUT2D eigenvalue weighted by atomic mass is 32.1. The lowest BCUT2D eigenvalue weighted by atomic mass is 10.1. The molecule has 1 atom stereocenters. The van der Waals surface area contributed by atoms with Gasteiger partial charge in [-0.1, -0.05) is 0 Å². The standard InChI is InChI=1S/C10H12N2O4S/c13-8(7-2-1-3-11-4-7)5-12-10(16,6-17)9(14)15/h1-4,12,16-17H,5-6H2,(H,14,15). The molecule has 3 N–H and O–H groups in total. The van der Waals surface area contributed by atoms with Gasteiger partial charge in [0.05, 0.1) is 6.54 Å². The fourth-order valence-electron chi connectivity index (χ4n) is 1.06. The number of Topliss-reactive ketones (excluding diaryl/α,β-unsaturated/α-hetero) is 1. The molecule has 0 spiro atoms. The Balaban J connectivity index is 2.63. The monoisotopic (exact) mass is 256 g/mol. The van der Waals surface area contributed by atoms with E-state index < -0.39 is 11.7 Å². The molecule has 0 aliphatic heterocycles. The van der Waals surface area contributed by atoms with Crippen molar-refractivity contribution in [2.24, 2.45) is 0 Å². The largest absolute Gasteiger partial charge is 0.478 e. The number of hydrogen-bond acceptors (Lipinski definition) is 6. The Bertz CT molecular complexity index is 412. The molecule has 0 radical (unpaired) electrons. The molecule has 1 unspecified atom stereocenters. The van der Waals surface area contributed by atoms with E-state index in [1.807, 2.05) is 0 Å². The second-order valence-corrected chi connectivity index (χ2v) is 3.66. The summed E-state index contributed by atoms with van der Waals surface area (Å²) in [6.07, 6.45) is 2.88. The molecule has 0 fully saturated rings. The first-order valence-electron chi connectivity index (χ1n) is 4.74. The lowest BCUT2D eigenvalue weighted by Gasteiger charge is -2.21. The van der Waals surface area contributed by atoms with Crippen LogP contribution in [0.5, 0.6) is 0 Å². The Morgan fingerprint density at radius 3 is 2.71 bits per heavy atom. The number of nitrogens with one attached hydrogen (secondary N) is 1. The summed E-state index contributed by atoms with van der Waals surface area (Å²) in [6, 6.07) is 3.15. The number of ketones is 1. The van der Waals surface area contributed by atoms with E-state index in [-0.39, 0.29) is 18.1 Å². The van der Waals surface area contributed by atoms with Crippen molar-refractivity contribution in [1.82, 2.24) is 10.3 Å². The van der Waals surface area contributed by atoms with E-state index in [9.17, 15) is 14.7 Å². The van der Waals surface area contributed by atoms with Gasteiger partial charge in [-0.05, 0) is 12.1 Å². The lowest BCUT2D eigenvalue weighted by Crippen LogP contribution is -2.55. The van der Waals surface area contributed by atoms with Crippen LogP contribution >= 0.6 is 12.6 Å². The summed E-state index contributed by atoms with van der Waals surface area (Å²) in [5.74, 6) is -2.19. The highest BCUT2D eigenvalue weighted by Gasteiger charge is 2.34. The van der Waals surface area contributed by atoms with Gasteiger partial charge in [-0.2, -0.15) is 12.6 Å². The van der Waals surface area contributed by atoms with Crippen LogP contribution in [0.15, 0.2) is 24.5 Å². The molecule has 0 aliphatic rings. The molecule has 0 saturated heterocycles. The molecule has 0 saturated carbocycles. The highest BCUT2D eigenvalue weighted by molar-refractivity contribution is 7.80. The number of hydrogen-bond donors (Lipinski definition) is 4. The van der Waals surface area contributed by atoms with Gasteiger partial charge in [0.25, 0.3) is 0 Å². The molecule has 1 aromatic heterocycles. The Kier molecular flexibility index (Phi) is 4.62. The van der Waals surface area contributed by atoms with Crippen LogP contribution in [-0.4, -0.2) is 45.0 Å². The number of pyridine rings is 1. The van der Waals surface area contributed by atoms with Crippen LogP contribution < -0.4 is 5.32 Å². The van der Waals surface area contributed by atoms with Gasteiger partial charge in [0.15, 0.2) is 5.78 Å². The molecule has 0 bridgehead atoms. The van der Waals surface area contributed by atoms with Crippen molar-refractivity contribution in [3.8, 4) is 0 Å². The minimum absolute atomic E-state index is 0.310. The van der Waals surface area contributed by atoms with Gasteiger partial charge in [0, 0.05) is 23.7 Å². The predicted octanol–water partition coefficient (Wildman–Crippen LogP) is -0.443. The number of aromatic nitrogens is 1. The van der Waals surface area contributed by atoms with Gasteiger partial charge in [-0.15, -0.1) is 0 Å². The van der Waals surface area contributed by atoms with Gasteiger partial charge in [-0.3, -0.25) is 15.1 Å². The smallest absolute Gasteiger partial charge is 0.352 e. The number of rotatable bonds is 6. The average Bonchev–Trinajstić information content (AvgIpc) is 2.36.